The van der Waals surface area contributed by atoms with Crippen molar-refractivity contribution in [1.29, 1.82) is 0 Å². The molecule has 0 radical (unpaired) electrons. The summed E-state index contributed by atoms with van der Waals surface area (Å²) >= 11 is 0. The molecule has 0 spiro atoms. The Morgan fingerprint density at radius 3 is 2.00 bits per heavy atom. The number of likely N-dealkylation sites (N-methyl/N-ethyl adjacent to an activating group) is 1. The van der Waals surface area contributed by atoms with E-state index < -0.39 is 0 Å². The van der Waals surface area contributed by atoms with Crippen LogP contribution >= 0.6 is 0 Å². The van der Waals surface area contributed by atoms with Crippen molar-refractivity contribution in [3.8, 4) is 0 Å². The lowest BCUT2D eigenvalue weighted by atomic mass is 9.86. The molecule has 102 valence electrons. The summed E-state index contributed by atoms with van der Waals surface area (Å²) in [7, 11) is 4.15. The van der Waals surface area contributed by atoms with Crippen molar-refractivity contribution >= 4 is 5.69 Å². The van der Waals surface area contributed by atoms with Crippen LogP contribution in [0, 0.1) is 5.92 Å². The van der Waals surface area contributed by atoms with Crippen LogP contribution in [-0.4, -0.2) is 26.7 Å². The first kappa shape index (κ1) is 15.0. The van der Waals surface area contributed by atoms with Crippen LogP contribution in [0.2, 0.25) is 0 Å². The lowest BCUT2D eigenvalue weighted by Crippen LogP contribution is -2.38. The second-order valence-electron chi connectivity index (χ2n) is 5.60. The van der Waals surface area contributed by atoms with Gasteiger partial charge in [0.1, 0.15) is 0 Å². The molecule has 0 aliphatic heterocycles. The quantitative estimate of drug-likeness (QED) is 0.829. The van der Waals surface area contributed by atoms with Crippen molar-refractivity contribution in [2.45, 2.75) is 39.7 Å². The van der Waals surface area contributed by atoms with Gasteiger partial charge in [-0.2, -0.15) is 0 Å². The molecule has 0 saturated heterocycles. The molecule has 0 aliphatic rings. The zero-order chi connectivity index (χ0) is 13.7. The van der Waals surface area contributed by atoms with Gasteiger partial charge in [0.2, 0.25) is 0 Å². The molecule has 0 amide bonds. The minimum Gasteiger partial charge on any atom is -0.378 e. The third-order valence-corrected chi connectivity index (χ3v) is 3.63. The topological polar surface area (TPSA) is 15.3 Å². The maximum absolute atomic E-state index is 3.61. The number of benzene rings is 1. The number of nitrogens with zero attached hydrogens (tertiary/aromatic N) is 1. The molecule has 1 rings (SSSR count). The molecular weight excluding hydrogens is 220 g/mol. The first-order valence-electron chi connectivity index (χ1n) is 6.98. The Kier molecular flexibility index (Phi) is 5.67. The summed E-state index contributed by atoms with van der Waals surface area (Å²) in [6, 6.07) is 9.46. The normalized spacial score (nSPS) is 14.6. The van der Waals surface area contributed by atoms with Crippen LogP contribution < -0.4 is 10.2 Å². The highest BCUT2D eigenvalue weighted by atomic mass is 15.1. The predicted molar refractivity (Wildman–Crippen MR) is 81.5 cm³/mol. The zero-order valence-corrected chi connectivity index (χ0v) is 12.7. The summed E-state index contributed by atoms with van der Waals surface area (Å²) in [6.45, 7) is 10.1. The first-order valence-corrected chi connectivity index (χ1v) is 6.98. The third-order valence-electron chi connectivity index (χ3n) is 3.63. The molecule has 0 heterocycles. The van der Waals surface area contributed by atoms with Gasteiger partial charge in [0.15, 0.2) is 0 Å². The fourth-order valence-electron chi connectivity index (χ4n) is 2.51. The lowest BCUT2D eigenvalue weighted by Gasteiger charge is -2.29. The Morgan fingerprint density at radius 2 is 1.61 bits per heavy atom. The fourth-order valence-corrected chi connectivity index (χ4v) is 2.51. The number of hydrogen-bond donors (Lipinski definition) is 1. The Hall–Kier alpha value is -1.02. The maximum atomic E-state index is 3.61. The van der Waals surface area contributed by atoms with Crippen LogP contribution in [0.3, 0.4) is 0 Å². The predicted octanol–water partition coefficient (Wildman–Crippen LogP) is 3.49. The van der Waals surface area contributed by atoms with E-state index in [0.717, 1.165) is 6.54 Å². The van der Waals surface area contributed by atoms with E-state index in [1.807, 2.05) is 0 Å². The SMILES string of the molecule is CCNC(C(C)C)C(C)c1ccc(N(C)C)cc1. The molecule has 0 fully saturated rings. The highest BCUT2D eigenvalue weighted by Gasteiger charge is 2.21. The second-order valence-corrected chi connectivity index (χ2v) is 5.60. The Morgan fingerprint density at radius 1 is 1.06 bits per heavy atom. The van der Waals surface area contributed by atoms with E-state index in [0.29, 0.717) is 17.9 Å². The van der Waals surface area contributed by atoms with Gasteiger partial charge in [-0.3, -0.25) is 0 Å². The molecule has 1 aromatic carbocycles. The van der Waals surface area contributed by atoms with Gasteiger partial charge in [0, 0.05) is 25.8 Å². The molecule has 1 aromatic rings. The number of anilines is 1. The molecule has 0 bridgehead atoms. The van der Waals surface area contributed by atoms with Gasteiger partial charge >= 0.3 is 0 Å². The maximum Gasteiger partial charge on any atom is 0.0361 e. The smallest absolute Gasteiger partial charge is 0.0361 e. The van der Waals surface area contributed by atoms with Crippen molar-refractivity contribution in [2.24, 2.45) is 5.92 Å². The summed E-state index contributed by atoms with van der Waals surface area (Å²) in [4.78, 5) is 2.14. The van der Waals surface area contributed by atoms with Crippen molar-refractivity contribution in [1.82, 2.24) is 5.32 Å². The van der Waals surface area contributed by atoms with Crippen LogP contribution in [0.5, 0.6) is 0 Å². The van der Waals surface area contributed by atoms with E-state index in [1.54, 1.807) is 0 Å². The average molecular weight is 248 g/mol. The van der Waals surface area contributed by atoms with Gasteiger partial charge in [-0.05, 0) is 36.1 Å². The van der Waals surface area contributed by atoms with E-state index in [1.165, 1.54) is 11.3 Å². The molecule has 2 heteroatoms. The van der Waals surface area contributed by atoms with Gasteiger partial charge in [0.05, 0.1) is 0 Å². The summed E-state index contributed by atoms with van der Waals surface area (Å²) in [5.41, 5.74) is 2.68. The van der Waals surface area contributed by atoms with Gasteiger partial charge in [-0.1, -0.05) is 39.8 Å². The van der Waals surface area contributed by atoms with Gasteiger partial charge in [0.25, 0.3) is 0 Å². The van der Waals surface area contributed by atoms with Crippen LogP contribution in [0.4, 0.5) is 5.69 Å². The molecule has 2 nitrogen and oxygen atoms in total. The van der Waals surface area contributed by atoms with Crippen LogP contribution in [-0.2, 0) is 0 Å². The second kappa shape index (κ2) is 6.79. The molecule has 1 N–H and O–H groups in total. The van der Waals surface area contributed by atoms with Gasteiger partial charge in [-0.15, -0.1) is 0 Å². The average Bonchev–Trinajstić information content (AvgIpc) is 2.35. The molecular formula is C16H28N2. The minimum absolute atomic E-state index is 0.542. The molecule has 0 aromatic heterocycles. The van der Waals surface area contributed by atoms with Gasteiger partial charge < -0.3 is 10.2 Å². The Balaban J connectivity index is 2.84. The van der Waals surface area contributed by atoms with Gasteiger partial charge in [-0.25, -0.2) is 0 Å². The van der Waals surface area contributed by atoms with E-state index in [4.69, 9.17) is 0 Å². The highest BCUT2D eigenvalue weighted by molar-refractivity contribution is 5.46. The Labute approximate surface area is 112 Å². The van der Waals surface area contributed by atoms with E-state index in [2.05, 4.69) is 76.3 Å². The summed E-state index contributed by atoms with van der Waals surface area (Å²) in [6.07, 6.45) is 0. The largest absolute Gasteiger partial charge is 0.378 e. The fraction of sp³-hybridized carbons (Fsp3) is 0.625. The number of rotatable bonds is 6. The van der Waals surface area contributed by atoms with Crippen molar-refractivity contribution in [3.05, 3.63) is 29.8 Å². The third kappa shape index (κ3) is 3.74. The van der Waals surface area contributed by atoms with Crippen molar-refractivity contribution < 1.29 is 0 Å². The van der Waals surface area contributed by atoms with E-state index in [9.17, 15) is 0 Å². The molecule has 2 atom stereocenters. The van der Waals surface area contributed by atoms with E-state index >= 15 is 0 Å². The van der Waals surface area contributed by atoms with Crippen LogP contribution in [0.1, 0.15) is 39.2 Å². The summed E-state index contributed by atoms with van der Waals surface area (Å²) in [5, 5.41) is 3.61. The zero-order valence-electron chi connectivity index (χ0n) is 12.7. The van der Waals surface area contributed by atoms with Crippen molar-refractivity contribution in [2.75, 3.05) is 25.5 Å². The van der Waals surface area contributed by atoms with Crippen molar-refractivity contribution in [3.63, 3.8) is 0 Å². The van der Waals surface area contributed by atoms with E-state index in [-0.39, 0.29) is 0 Å². The number of hydrogen-bond acceptors (Lipinski definition) is 2. The summed E-state index contributed by atoms with van der Waals surface area (Å²) < 4.78 is 0. The lowest BCUT2D eigenvalue weighted by molar-refractivity contribution is 0.360. The molecule has 0 saturated carbocycles. The van der Waals surface area contributed by atoms with Crippen LogP contribution in [0.25, 0.3) is 0 Å². The van der Waals surface area contributed by atoms with Crippen LogP contribution in [0.15, 0.2) is 24.3 Å². The molecule has 0 aliphatic carbocycles. The minimum atomic E-state index is 0.542. The first-order chi connectivity index (χ1) is 8.47. The standard InChI is InChI=1S/C16H28N2/c1-7-17-16(12(2)3)13(4)14-8-10-15(11-9-14)18(5)6/h8-13,16-17H,7H2,1-6H3. The molecule has 2 unspecified atom stereocenters. The Bertz CT molecular complexity index is 341. The summed E-state index contributed by atoms with van der Waals surface area (Å²) in [5.74, 6) is 1.19. The monoisotopic (exact) mass is 248 g/mol. The molecule has 18 heavy (non-hydrogen) atoms. The number of nitrogens with one attached hydrogen (secondary N) is 1. The highest BCUT2D eigenvalue weighted by Crippen LogP contribution is 2.25.